The first kappa shape index (κ1) is 19.8. The molecule has 0 saturated carbocycles. The minimum atomic E-state index is -3.54. The number of likely N-dealkylation sites (N-methyl/N-ethyl adjacent to an activating group) is 1. The van der Waals surface area contributed by atoms with E-state index in [1.54, 1.807) is 6.07 Å². The standard InChI is InChI=1S/C19H27N3O4S/c1-20-18(23)13-21-19(24)15-8-10-22(11-9-15)27(25,26)17-7-6-14-4-2-3-5-16(14)12-17/h6-7,12,15H,2-5,8-11,13H2,1H3,(H,20,23)(H,21,24). The second-order valence-electron chi connectivity index (χ2n) is 7.21. The van der Waals surface area contributed by atoms with Crippen LogP contribution in [-0.4, -0.2) is 51.2 Å². The van der Waals surface area contributed by atoms with E-state index in [1.807, 2.05) is 12.1 Å². The van der Waals surface area contributed by atoms with Gasteiger partial charge in [0.15, 0.2) is 0 Å². The van der Waals surface area contributed by atoms with E-state index in [9.17, 15) is 18.0 Å². The Kier molecular flexibility index (Phi) is 6.16. The number of hydrogen-bond acceptors (Lipinski definition) is 4. The van der Waals surface area contributed by atoms with Gasteiger partial charge in [-0.3, -0.25) is 9.59 Å². The van der Waals surface area contributed by atoms with Crippen molar-refractivity contribution in [2.45, 2.75) is 43.4 Å². The van der Waals surface area contributed by atoms with Gasteiger partial charge < -0.3 is 10.6 Å². The number of amides is 2. The average Bonchev–Trinajstić information content (AvgIpc) is 2.71. The predicted octanol–water partition coefficient (Wildman–Crippen LogP) is 0.828. The highest BCUT2D eigenvalue weighted by atomic mass is 32.2. The Bertz CT molecular complexity index is 814. The molecule has 1 aromatic rings. The number of hydrogen-bond donors (Lipinski definition) is 2. The maximum Gasteiger partial charge on any atom is 0.243 e. The Balaban J connectivity index is 1.61. The first-order chi connectivity index (χ1) is 12.9. The molecule has 148 valence electrons. The number of carbonyl (C=O) groups is 2. The van der Waals surface area contributed by atoms with Crippen molar-refractivity contribution in [1.82, 2.24) is 14.9 Å². The molecule has 0 unspecified atom stereocenters. The van der Waals surface area contributed by atoms with Gasteiger partial charge in [0.05, 0.1) is 11.4 Å². The van der Waals surface area contributed by atoms with E-state index in [4.69, 9.17) is 0 Å². The normalized spacial score (nSPS) is 18.6. The molecule has 0 atom stereocenters. The van der Waals surface area contributed by atoms with Crippen molar-refractivity contribution in [2.75, 3.05) is 26.7 Å². The van der Waals surface area contributed by atoms with Crippen LogP contribution in [0.15, 0.2) is 23.1 Å². The molecule has 0 radical (unpaired) electrons. The van der Waals surface area contributed by atoms with Crippen LogP contribution in [-0.2, 0) is 32.5 Å². The fraction of sp³-hybridized carbons (Fsp3) is 0.579. The number of fused-ring (bicyclic) bond motifs is 1. The first-order valence-corrected chi connectivity index (χ1v) is 11.0. The zero-order valence-electron chi connectivity index (χ0n) is 15.7. The fourth-order valence-electron chi connectivity index (χ4n) is 3.78. The lowest BCUT2D eigenvalue weighted by Crippen LogP contribution is -2.44. The van der Waals surface area contributed by atoms with Crippen LogP contribution in [0.25, 0.3) is 0 Å². The second-order valence-corrected chi connectivity index (χ2v) is 9.14. The highest BCUT2D eigenvalue weighted by Crippen LogP contribution is 2.28. The molecule has 7 nitrogen and oxygen atoms in total. The van der Waals surface area contributed by atoms with Crippen molar-refractivity contribution in [3.63, 3.8) is 0 Å². The van der Waals surface area contributed by atoms with Gasteiger partial charge in [-0.05, 0) is 61.8 Å². The van der Waals surface area contributed by atoms with Crippen LogP contribution in [0.4, 0.5) is 0 Å². The Morgan fingerprint density at radius 2 is 1.78 bits per heavy atom. The van der Waals surface area contributed by atoms with Crippen molar-refractivity contribution in [3.8, 4) is 0 Å². The average molecular weight is 394 g/mol. The molecule has 2 amide bonds. The van der Waals surface area contributed by atoms with Crippen LogP contribution in [0.2, 0.25) is 0 Å². The van der Waals surface area contributed by atoms with Crippen molar-refractivity contribution in [2.24, 2.45) is 5.92 Å². The molecular formula is C19H27N3O4S. The summed E-state index contributed by atoms with van der Waals surface area (Å²) in [5.74, 6) is -0.704. The minimum Gasteiger partial charge on any atom is -0.358 e. The number of rotatable bonds is 5. The summed E-state index contributed by atoms with van der Waals surface area (Å²) in [6, 6.07) is 5.48. The third-order valence-electron chi connectivity index (χ3n) is 5.48. The van der Waals surface area contributed by atoms with Crippen molar-refractivity contribution < 1.29 is 18.0 Å². The van der Waals surface area contributed by atoms with Gasteiger partial charge in [0.1, 0.15) is 0 Å². The van der Waals surface area contributed by atoms with Gasteiger partial charge in [0.2, 0.25) is 21.8 Å². The number of sulfonamides is 1. The SMILES string of the molecule is CNC(=O)CNC(=O)C1CCN(S(=O)(=O)c2ccc3c(c2)CCCC3)CC1. The molecule has 0 spiro atoms. The molecule has 2 aliphatic rings. The van der Waals surface area contributed by atoms with E-state index in [0.717, 1.165) is 31.2 Å². The summed E-state index contributed by atoms with van der Waals surface area (Å²) >= 11 is 0. The number of nitrogens with one attached hydrogen (secondary N) is 2. The lowest BCUT2D eigenvalue weighted by molar-refractivity contribution is -0.129. The molecular weight excluding hydrogens is 366 g/mol. The lowest BCUT2D eigenvalue weighted by atomic mass is 9.92. The van der Waals surface area contributed by atoms with Gasteiger partial charge >= 0.3 is 0 Å². The number of carbonyl (C=O) groups excluding carboxylic acids is 2. The largest absolute Gasteiger partial charge is 0.358 e. The smallest absolute Gasteiger partial charge is 0.243 e. The van der Waals surface area contributed by atoms with Gasteiger partial charge in [-0.1, -0.05) is 6.07 Å². The summed E-state index contributed by atoms with van der Waals surface area (Å²) in [5, 5.41) is 5.05. The Hall–Kier alpha value is -1.93. The summed E-state index contributed by atoms with van der Waals surface area (Å²) in [6.07, 6.45) is 5.15. The quantitative estimate of drug-likeness (QED) is 0.775. The fourth-order valence-corrected chi connectivity index (χ4v) is 5.30. The minimum absolute atomic E-state index is 0.0526. The van der Waals surface area contributed by atoms with Gasteiger partial charge in [-0.25, -0.2) is 8.42 Å². The van der Waals surface area contributed by atoms with Crippen molar-refractivity contribution in [3.05, 3.63) is 29.3 Å². The Morgan fingerprint density at radius 3 is 2.44 bits per heavy atom. The molecule has 1 fully saturated rings. The number of piperidine rings is 1. The second kappa shape index (κ2) is 8.39. The van der Waals surface area contributed by atoms with Crippen LogP contribution in [0, 0.1) is 5.92 Å². The predicted molar refractivity (Wildman–Crippen MR) is 102 cm³/mol. The van der Waals surface area contributed by atoms with Gasteiger partial charge in [0, 0.05) is 26.1 Å². The Morgan fingerprint density at radius 1 is 1.11 bits per heavy atom. The molecule has 0 bridgehead atoms. The maximum absolute atomic E-state index is 13.0. The topological polar surface area (TPSA) is 95.6 Å². The third-order valence-corrected chi connectivity index (χ3v) is 7.38. The molecule has 1 heterocycles. The molecule has 3 rings (SSSR count). The van der Waals surface area contributed by atoms with Crippen LogP contribution < -0.4 is 10.6 Å². The maximum atomic E-state index is 13.0. The first-order valence-electron chi connectivity index (χ1n) is 9.52. The van der Waals surface area contributed by atoms with Gasteiger partial charge in [0.25, 0.3) is 0 Å². The van der Waals surface area contributed by atoms with E-state index in [1.165, 1.54) is 16.9 Å². The van der Waals surface area contributed by atoms with Crippen LogP contribution >= 0.6 is 0 Å². The summed E-state index contributed by atoms with van der Waals surface area (Å²) < 4.78 is 27.4. The summed E-state index contributed by atoms with van der Waals surface area (Å²) in [4.78, 5) is 23.7. The highest BCUT2D eigenvalue weighted by molar-refractivity contribution is 7.89. The van der Waals surface area contributed by atoms with Crippen molar-refractivity contribution >= 4 is 21.8 Å². The molecule has 1 aliphatic heterocycles. The van der Waals surface area contributed by atoms with E-state index in [2.05, 4.69) is 10.6 Å². The Labute approximate surface area is 160 Å². The van der Waals surface area contributed by atoms with E-state index >= 15 is 0 Å². The summed E-state index contributed by atoms with van der Waals surface area (Å²) in [5.41, 5.74) is 2.40. The van der Waals surface area contributed by atoms with Gasteiger partial charge in [-0.15, -0.1) is 0 Å². The lowest BCUT2D eigenvalue weighted by Gasteiger charge is -2.30. The van der Waals surface area contributed by atoms with Crippen LogP contribution in [0.3, 0.4) is 0 Å². The zero-order chi connectivity index (χ0) is 19.4. The number of aryl methyl sites for hydroxylation is 2. The molecule has 0 aromatic heterocycles. The van der Waals surface area contributed by atoms with Crippen molar-refractivity contribution in [1.29, 1.82) is 0 Å². The van der Waals surface area contributed by atoms with E-state index < -0.39 is 10.0 Å². The molecule has 27 heavy (non-hydrogen) atoms. The monoisotopic (exact) mass is 393 g/mol. The summed E-state index contributed by atoms with van der Waals surface area (Å²) in [6.45, 7) is 0.581. The zero-order valence-corrected chi connectivity index (χ0v) is 16.5. The molecule has 2 N–H and O–H groups in total. The molecule has 1 aromatic carbocycles. The van der Waals surface area contributed by atoms with E-state index in [-0.39, 0.29) is 24.3 Å². The molecule has 1 aliphatic carbocycles. The van der Waals surface area contributed by atoms with Crippen LogP contribution in [0.1, 0.15) is 36.8 Å². The molecule has 8 heteroatoms. The third kappa shape index (κ3) is 4.50. The number of nitrogens with zero attached hydrogens (tertiary/aromatic N) is 1. The highest BCUT2D eigenvalue weighted by Gasteiger charge is 2.32. The van der Waals surface area contributed by atoms with E-state index in [0.29, 0.717) is 30.8 Å². The molecule has 1 saturated heterocycles. The summed E-state index contributed by atoms with van der Waals surface area (Å²) in [7, 11) is -2.02. The number of benzene rings is 1. The van der Waals surface area contributed by atoms with Crippen LogP contribution in [0.5, 0.6) is 0 Å². The van der Waals surface area contributed by atoms with Gasteiger partial charge in [-0.2, -0.15) is 4.31 Å².